The molecule has 2 atom stereocenters. The Labute approximate surface area is 150 Å². The zero-order chi connectivity index (χ0) is 19.6. The van der Waals surface area contributed by atoms with Gasteiger partial charge >= 0.3 is 0 Å². The summed E-state index contributed by atoms with van der Waals surface area (Å²) in [5.41, 5.74) is -1.22. The van der Waals surface area contributed by atoms with E-state index < -0.39 is 17.1 Å². The van der Waals surface area contributed by atoms with Crippen LogP contribution in [0.3, 0.4) is 0 Å². The first-order valence-electron chi connectivity index (χ1n) is 9.34. The van der Waals surface area contributed by atoms with E-state index in [4.69, 9.17) is 0 Å². The zero-order valence-corrected chi connectivity index (χ0v) is 18.3. The first kappa shape index (κ1) is 21.7. The van der Waals surface area contributed by atoms with Crippen LogP contribution in [0, 0.1) is 27.1 Å². The van der Waals surface area contributed by atoms with Crippen LogP contribution in [0.1, 0.15) is 89.5 Å². The van der Waals surface area contributed by atoms with Gasteiger partial charge in [-0.15, -0.1) is 0 Å². The molecule has 1 aliphatic rings. The van der Waals surface area contributed by atoms with Gasteiger partial charge in [-0.2, -0.15) is 0 Å². The van der Waals surface area contributed by atoms with Crippen molar-refractivity contribution in [2.75, 3.05) is 0 Å². The molecule has 0 fully saturated rings. The monoisotopic (exact) mass is 338 g/mol. The third-order valence-electron chi connectivity index (χ3n) is 6.55. The molecule has 0 saturated carbocycles. The van der Waals surface area contributed by atoms with Gasteiger partial charge in [-0.05, 0) is 33.7 Å². The lowest BCUT2D eigenvalue weighted by Crippen LogP contribution is -2.64. The second-order valence-electron chi connectivity index (χ2n) is 12.1. The lowest BCUT2D eigenvalue weighted by Gasteiger charge is -2.63. The van der Waals surface area contributed by atoms with Crippen molar-refractivity contribution in [3.63, 3.8) is 0 Å². The second-order valence-corrected chi connectivity index (χ2v) is 12.1. The molecule has 0 saturated heterocycles. The maximum absolute atomic E-state index is 11.7. The van der Waals surface area contributed by atoms with Crippen LogP contribution in [0.4, 0.5) is 0 Å². The molecular weight excluding hydrogens is 296 g/mol. The molecule has 0 aromatic carbocycles. The van der Waals surface area contributed by atoms with Gasteiger partial charge in [0.15, 0.2) is 0 Å². The van der Waals surface area contributed by atoms with E-state index in [0.29, 0.717) is 6.42 Å². The van der Waals surface area contributed by atoms with Crippen molar-refractivity contribution < 1.29 is 10.2 Å². The molecular formula is C22H42O2. The lowest BCUT2D eigenvalue weighted by atomic mass is 9.43. The Morgan fingerprint density at radius 3 is 1.42 bits per heavy atom. The van der Waals surface area contributed by atoms with Crippen LogP contribution in [0.2, 0.25) is 0 Å². The summed E-state index contributed by atoms with van der Waals surface area (Å²) in [6.45, 7) is 25.9. The molecule has 0 spiro atoms. The summed E-state index contributed by atoms with van der Waals surface area (Å²) in [5.74, 6) is 0. The van der Waals surface area contributed by atoms with E-state index in [0.717, 1.165) is 5.57 Å². The standard InChI is InChI=1S/C22H42O2/c1-17(2,3)15-13-21(24,18(4,5)6)14-22(16(15)23,19(7,8)9)20(10,11)12/h13,16,23-24H,14H2,1-12H3. The van der Waals surface area contributed by atoms with Gasteiger partial charge in [0, 0.05) is 5.41 Å². The minimum atomic E-state index is -0.949. The van der Waals surface area contributed by atoms with Crippen LogP contribution >= 0.6 is 0 Å². The Kier molecular flexibility index (Phi) is 5.04. The van der Waals surface area contributed by atoms with Crippen LogP contribution in [-0.2, 0) is 0 Å². The highest BCUT2D eigenvalue weighted by atomic mass is 16.3. The highest BCUT2D eigenvalue weighted by molar-refractivity contribution is 5.33. The summed E-state index contributed by atoms with van der Waals surface area (Å²) < 4.78 is 0. The molecule has 2 unspecified atom stereocenters. The molecule has 0 heterocycles. The molecule has 0 aliphatic heterocycles. The van der Waals surface area contributed by atoms with E-state index in [1.807, 2.05) is 6.08 Å². The number of hydrogen-bond acceptors (Lipinski definition) is 2. The largest absolute Gasteiger partial charge is 0.388 e. The van der Waals surface area contributed by atoms with E-state index >= 15 is 0 Å². The molecule has 1 aliphatic carbocycles. The van der Waals surface area contributed by atoms with E-state index in [1.54, 1.807) is 0 Å². The van der Waals surface area contributed by atoms with E-state index in [9.17, 15) is 10.2 Å². The minimum absolute atomic E-state index is 0.158. The van der Waals surface area contributed by atoms with Gasteiger partial charge in [-0.3, -0.25) is 0 Å². The van der Waals surface area contributed by atoms with E-state index in [-0.39, 0.29) is 21.7 Å². The Hall–Kier alpha value is -0.340. The first-order valence-corrected chi connectivity index (χ1v) is 9.34. The Balaban J connectivity index is 3.87. The zero-order valence-electron chi connectivity index (χ0n) is 18.3. The average molecular weight is 339 g/mol. The van der Waals surface area contributed by atoms with Crippen molar-refractivity contribution in [3.8, 4) is 0 Å². The smallest absolute Gasteiger partial charge is 0.0886 e. The highest BCUT2D eigenvalue weighted by Crippen LogP contribution is 2.64. The third kappa shape index (κ3) is 3.21. The van der Waals surface area contributed by atoms with Crippen LogP contribution in [-0.4, -0.2) is 21.9 Å². The molecule has 2 nitrogen and oxygen atoms in total. The predicted molar refractivity (Wildman–Crippen MR) is 104 cm³/mol. The molecule has 0 radical (unpaired) electrons. The molecule has 2 heteroatoms. The predicted octanol–water partition coefficient (Wildman–Crippen LogP) is 5.58. The molecule has 0 bridgehead atoms. The molecule has 1 rings (SSSR count). The quantitative estimate of drug-likeness (QED) is 0.566. The summed E-state index contributed by atoms with van der Waals surface area (Å²) in [6.07, 6.45) is 1.98. The summed E-state index contributed by atoms with van der Waals surface area (Å²) in [6, 6.07) is 0. The Morgan fingerprint density at radius 1 is 0.792 bits per heavy atom. The fraction of sp³-hybridized carbons (Fsp3) is 0.909. The summed E-state index contributed by atoms with van der Waals surface area (Å²) >= 11 is 0. The highest BCUT2D eigenvalue weighted by Gasteiger charge is 2.63. The summed E-state index contributed by atoms with van der Waals surface area (Å²) in [4.78, 5) is 0. The summed E-state index contributed by atoms with van der Waals surface area (Å²) in [7, 11) is 0. The first-order chi connectivity index (χ1) is 10.2. The number of rotatable bonds is 0. The normalized spacial score (nSPS) is 29.4. The third-order valence-corrected chi connectivity index (χ3v) is 6.55. The maximum Gasteiger partial charge on any atom is 0.0886 e. The average Bonchev–Trinajstić information content (AvgIpc) is 2.25. The van der Waals surface area contributed by atoms with Crippen LogP contribution in [0.15, 0.2) is 11.6 Å². The number of aliphatic hydroxyl groups excluding tert-OH is 1. The molecule has 2 N–H and O–H groups in total. The van der Waals surface area contributed by atoms with E-state index in [1.165, 1.54) is 0 Å². The van der Waals surface area contributed by atoms with Crippen LogP contribution in [0.5, 0.6) is 0 Å². The van der Waals surface area contributed by atoms with Crippen LogP contribution < -0.4 is 0 Å². The molecule has 142 valence electrons. The van der Waals surface area contributed by atoms with Crippen molar-refractivity contribution in [1.29, 1.82) is 0 Å². The van der Waals surface area contributed by atoms with Crippen molar-refractivity contribution in [2.45, 2.75) is 101 Å². The SMILES string of the molecule is CC(C)(C)C1=CC(O)(C(C)(C)C)CC(C(C)(C)C)(C(C)(C)C)C1O. The molecule has 0 aromatic heterocycles. The van der Waals surface area contributed by atoms with Gasteiger partial charge in [-0.1, -0.05) is 89.2 Å². The van der Waals surface area contributed by atoms with Crippen molar-refractivity contribution >= 4 is 0 Å². The van der Waals surface area contributed by atoms with Crippen molar-refractivity contribution in [2.24, 2.45) is 27.1 Å². The van der Waals surface area contributed by atoms with Gasteiger partial charge in [0.2, 0.25) is 0 Å². The number of hydrogen-bond donors (Lipinski definition) is 2. The molecule has 0 aromatic rings. The Bertz CT molecular complexity index is 486. The molecule has 0 amide bonds. The Morgan fingerprint density at radius 2 is 1.17 bits per heavy atom. The minimum Gasteiger partial charge on any atom is -0.388 e. The topological polar surface area (TPSA) is 40.5 Å². The van der Waals surface area contributed by atoms with E-state index in [2.05, 4.69) is 83.1 Å². The lowest BCUT2D eigenvalue weighted by molar-refractivity contribution is -0.184. The maximum atomic E-state index is 11.7. The summed E-state index contributed by atoms with van der Waals surface area (Å²) in [5, 5.41) is 23.3. The van der Waals surface area contributed by atoms with Gasteiger partial charge < -0.3 is 10.2 Å². The van der Waals surface area contributed by atoms with Crippen molar-refractivity contribution in [1.82, 2.24) is 0 Å². The molecule has 24 heavy (non-hydrogen) atoms. The van der Waals surface area contributed by atoms with Gasteiger partial charge in [0.1, 0.15) is 0 Å². The van der Waals surface area contributed by atoms with Gasteiger partial charge in [0.25, 0.3) is 0 Å². The fourth-order valence-electron chi connectivity index (χ4n) is 4.76. The van der Waals surface area contributed by atoms with Crippen molar-refractivity contribution in [3.05, 3.63) is 11.6 Å². The second kappa shape index (κ2) is 5.58. The van der Waals surface area contributed by atoms with Gasteiger partial charge in [-0.25, -0.2) is 0 Å². The van der Waals surface area contributed by atoms with Gasteiger partial charge in [0.05, 0.1) is 11.7 Å². The number of aliphatic hydroxyl groups is 2. The van der Waals surface area contributed by atoms with Crippen LogP contribution in [0.25, 0.3) is 0 Å². The fourth-order valence-corrected chi connectivity index (χ4v) is 4.76.